The summed E-state index contributed by atoms with van der Waals surface area (Å²) in [6.45, 7) is -4.12. The number of carbonyl (C=O) groups is 3. The molecule has 1 aliphatic heterocycles. The number of rotatable bonds is 12. The Morgan fingerprint density at radius 3 is 2.53 bits per heavy atom. The molecule has 2 N–H and O–H groups in total. The van der Waals surface area contributed by atoms with E-state index in [1.165, 1.54) is 18.2 Å². The summed E-state index contributed by atoms with van der Waals surface area (Å²) in [4.78, 5) is 43.4. The second-order valence-electron chi connectivity index (χ2n) is 9.26. The Bertz CT molecular complexity index is 1520. The average molecular weight is 610 g/mol. The van der Waals surface area contributed by atoms with Crippen molar-refractivity contribution in [2.75, 3.05) is 19.6 Å². The maximum Gasteiger partial charge on any atom is 0.345 e. The number of benzene rings is 2. The lowest BCUT2D eigenvalue weighted by Gasteiger charge is -2.26. The van der Waals surface area contributed by atoms with Crippen molar-refractivity contribution in [1.82, 2.24) is 15.5 Å². The van der Waals surface area contributed by atoms with Crippen LogP contribution in [0.1, 0.15) is 33.3 Å². The number of carbonyl (C=O) groups excluding carboxylic acids is 3. The molecule has 222 valence electrons. The third-order valence-corrected chi connectivity index (χ3v) is 7.46. The van der Waals surface area contributed by atoms with Gasteiger partial charge >= 0.3 is 6.61 Å². The van der Waals surface area contributed by atoms with Crippen LogP contribution in [0.15, 0.2) is 71.2 Å². The highest BCUT2D eigenvalue weighted by Crippen LogP contribution is 2.26. The van der Waals surface area contributed by atoms with Crippen LogP contribution in [0, 0.1) is 11.3 Å². The lowest BCUT2D eigenvalue weighted by Crippen LogP contribution is -2.49. The van der Waals surface area contributed by atoms with E-state index in [9.17, 15) is 23.2 Å². The molecule has 3 atom stereocenters. The van der Waals surface area contributed by atoms with Gasteiger partial charge in [-0.1, -0.05) is 23.3 Å². The molecule has 2 aromatic carbocycles. The van der Waals surface area contributed by atoms with Crippen molar-refractivity contribution in [1.29, 1.82) is 5.26 Å². The smallest absolute Gasteiger partial charge is 0.345 e. The second-order valence-corrected chi connectivity index (χ2v) is 10.2. The minimum Gasteiger partial charge on any atom is -0.457 e. The summed E-state index contributed by atoms with van der Waals surface area (Å²) in [6, 6.07) is 16.7. The first kappa shape index (κ1) is 30.9. The predicted octanol–water partition coefficient (Wildman–Crippen LogP) is 4.52. The van der Waals surface area contributed by atoms with E-state index >= 15 is 0 Å². The van der Waals surface area contributed by atoms with Crippen molar-refractivity contribution in [3.8, 4) is 17.6 Å². The van der Waals surface area contributed by atoms with Crippen LogP contribution in [-0.4, -0.2) is 61.0 Å². The van der Waals surface area contributed by atoms with Gasteiger partial charge < -0.3 is 25.0 Å². The fourth-order valence-corrected chi connectivity index (χ4v) is 5.29. The zero-order valence-corrected chi connectivity index (χ0v) is 23.2. The van der Waals surface area contributed by atoms with Crippen LogP contribution >= 0.6 is 11.3 Å². The number of ether oxygens (including phenoxy) is 2. The van der Waals surface area contributed by atoms with E-state index in [-0.39, 0.29) is 25.1 Å². The van der Waals surface area contributed by atoms with Crippen LogP contribution in [0.25, 0.3) is 10.4 Å². The summed E-state index contributed by atoms with van der Waals surface area (Å²) in [5.41, 5.74) is 9.36. The molecule has 0 radical (unpaired) electrons. The van der Waals surface area contributed by atoms with Gasteiger partial charge in [0.15, 0.2) is 0 Å². The van der Waals surface area contributed by atoms with Gasteiger partial charge in [-0.2, -0.15) is 14.0 Å². The number of alkyl halides is 2. The van der Waals surface area contributed by atoms with Crippen molar-refractivity contribution >= 4 is 29.1 Å². The van der Waals surface area contributed by atoms with Crippen molar-refractivity contribution in [2.45, 2.75) is 31.2 Å². The highest BCUT2D eigenvalue weighted by Gasteiger charge is 2.41. The fraction of sp³-hybridized carbons (Fsp3) is 0.286. The molecule has 0 aliphatic carbocycles. The Labute approximate surface area is 248 Å². The van der Waals surface area contributed by atoms with Crippen molar-refractivity contribution in [2.24, 2.45) is 5.11 Å². The first-order valence-corrected chi connectivity index (χ1v) is 13.8. The molecular formula is C28H25F2N7O5S. The third kappa shape index (κ3) is 8.49. The molecule has 0 bridgehead atoms. The number of nitrogens with one attached hydrogen (secondary N) is 2. The van der Waals surface area contributed by atoms with Gasteiger partial charge in [-0.3, -0.25) is 14.4 Å². The third-order valence-electron chi connectivity index (χ3n) is 6.41. The molecule has 1 fully saturated rings. The number of hydrogen-bond acceptors (Lipinski definition) is 8. The van der Waals surface area contributed by atoms with Crippen LogP contribution in [0.4, 0.5) is 8.78 Å². The molecule has 4 rings (SSSR count). The lowest BCUT2D eigenvalue weighted by molar-refractivity contribution is -0.160. The van der Waals surface area contributed by atoms with Crippen molar-refractivity contribution < 1.29 is 32.6 Å². The van der Waals surface area contributed by atoms with E-state index in [1.54, 1.807) is 29.6 Å². The molecule has 12 nitrogen and oxygen atoms in total. The molecule has 1 unspecified atom stereocenters. The van der Waals surface area contributed by atoms with Crippen LogP contribution in [0.3, 0.4) is 0 Å². The first-order chi connectivity index (χ1) is 20.8. The maximum absolute atomic E-state index is 13.3. The maximum atomic E-state index is 13.3. The van der Waals surface area contributed by atoms with Crippen molar-refractivity contribution in [3.63, 3.8) is 0 Å². The lowest BCUT2D eigenvalue weighted by atomic mass is 10.1. The Balaban J connectivity index is 1.40. The number of halogens is 2. The highest BCUT2D eigenvalue weighted by atomic mass is 32.1. The Hall–Kier alpha value is -5.03. The molecule has 1 aliphatic rings. The molecule has 15 heteroatoms. The van der Waals surface area contributed by atoms with Gasteiger partial charge in [0.2, 0.25) is 11.8 Å². The number of amides is 3. The Kier molecular flexibility index (Phi) is 10.6. The monoisotopic (exact) mass is 609 g/mol. The SMILES string of the molecule is N#Cc1csc(C(CN=[N+]=[N-])NC(=O)[C@@H]2C[C@@H](OC(F)F)CN2C(=O)CNC(=O)c2ccc(Oc3ccccc3)cc2)c1. The van der Waals surface area contributed by atoms with Gasteiger partial charge in [0, 0.05) is 33.7 Å². The van der Waals surface area contributed by atoms with Gasteiger partial charge in [0.05, 0.1) is 30.8 Å². The number of nitriles is 1. The molecule has 1 saturated heterocycles. The van der Waals surface area contributed by atoms with E-state index in [4.69, 9.17) is 15.5 Å². The second kappa shape index (κ2) is 14.7. The standard InChI is InChI=1S/C28H25F2N7O5S/c29-28(30)42-21-11-23(27(40)35-22(13-34-36-32)24-10-17(12-31)16-43-24)37(15-21)25(38)14-33-26(39)18-6-8-20(9-7-18)41-19-4-2-1-3-5-19/h1-10,16,21-23,28H,11,13-15H2,(H,33,39)(H,35,40)/t21-,22?,23+/m1/s1. The normalized spacial score (nSPS) is 16.6. The van der Waals surface area contributed by atoms with Gasteiger partial charge in [-0.25, -0.2) is 0 Å². The highest BCUT2D eigenvalue weighted by molar-refractivity contribution is 7.10. The fourth-order valence-electron chi connectivity index (χ4n) is 4.41. The first-order valence-electron chi connectivity index (χ1n) is 12.9. The van der Waals surface area contributed by atoms with Crippen LogP contribution in [-0.2, 0) is 14.3 Å². The van der Waals surface area contributed by atoms with Crippen molar-refractivity contribution in [3.05, 3.63) is 92.5 Å². The molecule has 2 heterocycles. The van der Waals surface area contributed by atoms with E-state index in [0.29, 0.717) is 21.9 Å². The molecule has 43 heavy (non-hydrogen) atoms. The summed E-state index contributed by atoms with van der Waals surface area (Å²) < 4.78 is 36.2. The average Bonchev–Trinajstić information content (AvgIpc) is 3.66. The van der Waals surface area contributed by atoms with Gasteiger partial charge in [-0.05, 0) is 48.0 Å². The van der Waals surface area contributed by atoms with Gasteiger partial charge in [0.1, 0.15) is 23.6 Å². The van der Waals surface area contributed by atoms with Crippen LogP contribution in [0.2, 0.25) is 0 Å². The number of para-hydroxylation sites is 1. The van der Waals surface area contributed by atoms with E-state index in [0.717, 1.165) is 16.2 Å². The number of likely N-dealkylation sites (tertiary alicyclic amines) is 1. The molecule has 0 saturated carbocycles. The zero-order chi connectivity index (χ0) is 30.8. The Morgan fingerprint density at radius 2 is 1.88 bits per heavy atom. The summed E-state index contributed by atoms with van der Waals surface area (Å²) in [6.07, 6.45) is -1.35. The minimum absolute atomic E-state index is 0.184. The topological polar surface area (TPSA) is 170 Å². The largest absolute Gasteiger partial charge is 0.457 e. The molecule has 3 amide bonds. The summed E-state index contributed by atoms with van der Waals surface area (Å²) in [5, 5.41) is 19.4. The number of thiophene rings is 1. The van der Waals surface area contributed by atoms with Crippen LogP contribution in [0.5, 0.6) is 11.5 Å². The molecule has 1 aromatic heterocycles. The van der Waals surface area contributed by atoms with E-state index in [1.807, 2.05) is 24.3 Å². The zero-order valence-electron chi connectivity index (χ0n) is 22.4. The number of hydrogen-bond donors (Lipinski definition) is 2. The quantitative estimate of drug-likeness (QED) is 0.174. The van der Waals surface area contributed by atoms with E-state index in [2.05, 4.69) is 25.4 Å². The summed E-state index contributed by atoms with van der Waals surface area (Å²) in [5.74, 6) is -0.831. The Morgan fingerprint density at radius 1 is 1.16 bits per heavy atom. The molecular weight excluding hydrogens is 584 g/mol. The number of azide groups is 1. The van der Waals surface area contributed by atoms with Crippen LogP contribution < -0.4 is 15.4 Å². The van der Waals surface area contributed by atoms with Gasteiger partial charge in [-0.15, -0.1) is 11.3 Å². The summed E-state index contributed by atoms with van der Waals surface area (Å²) >= 11 is 1.16. The summed E-state index contributed by atoms with van der Waals surface area (Å²) in [7, 11) is 0. The molecule has 0 spiro atoms. The van der Waals surface area contributed by atoms with Gasteiger partial charge in [0.25, 0.3) is 5.91 Å². The molecule has 3 aromatic rings. The van der Waals surface area contributed by atoms with E-state index < -0.39 is 49.1 Å². The number of nitrogens with zero attached hydrogens (tertiary/aromatic N) is 5. The predicted molar refractivity (Wildman–Crippen MR) is 150 cm³/mol. The minimum atomic E-state index is -3.12.